The monoisotopic (exact) mass is 439 g/mol. The minimum atomic E-state index is 0. The molecule has 0 aromatic heterocycles. The van der Waals surface area contributed by atoms with Crippen molar-refractivity contribution in [3.63, 3.8) is 0 Å². The quantitative estimate of drug-likeness (QED) is 0.185. The van der Waals surface area contributed by atoms with Crippen molar-refractivity contribution in [2.45, 2.75) is 84.0 Å². The van der Waals surface area contributed by atoms with E-state index in [1.807, 2.05) is 0 Å². The van der Waals surface area contributed by atoms with E-state index in [4.69, 9.17) is 19.7 Å². The van der Waals surface area contributed by atoms with Gasteiger partial charge in [0.05, 0.1) is 53.2 Å². The van der Waals surface area contributed by atoms with Gasteiger partial charge in [-0.25, -0.2) is 0 Å². The zero-order valence-electron chi connectivity index (χ0n) is 19.4. The fourth-order valence-electron chi connectivity index (χ4n) is 3.57. The molecule has 5 nitrogen and oxygen atoms in total. The molecule has 0 saturated carbocycles. The molecule has 0 aromatic rings. The molecule has 0 atom stereocenters. The predicted octanol–water partition coefficient (Wildman–Crippen LogP) is 1.16. The number of aliphatic hydroxyl groups excluding tert-OH is 2. The second-order valence-corrected chi connectivity index (χ2v) is 8.35. The zero-order chi connectivity index (χ0) is 20.8. The Hall–Kier alpha value is 0.0900. The van der Waals surface area contributed by atoms with Gasteiger partial charge in [0.2, 0.25) is 0 Å². The predicted molar refractivity (Wildman–Crippen MR) is 118 cm³/mol. The van der Waals surface area contributed by atoms with Gasteiger partial charge in [0, 0.05) is 0 Å². The average Bonchev–Trinajstić information content (AvgIpc) is 2.70. The first-order valence-electron chi connectivity index (χ1n) is 11.9. The number of quaternary nitrogens is 1. The van der Waals surface area contributed by atoms with Crippen molar-refractivity contribution in [3.8, 4) is 0 Å². The van der Waals surface area contributed by atoms with Gasteiger partial charge in [0.25, 0.3) is 0 Å². The van der Waals surface area contributed by atoms with E-state index < -0.39 is 0 Å². The number of halogens is 1. The molecule has 0 saturated heterocycles. The number of unbranched alkanes of at least 4 members (excludes halogenated alkanes) is 11. The molecule has 29 heavy (non-hydrogen) atoms. The number of ether oxygens (including phenoxy) is 2. The summed E-state index contributed by atoms with van der Waals surface area (Å²) in [5.74, 6) is 0. The summed E-state index contributed by atoms with van der Waals surface area (Å²) in [6.07, 6.45) is 16.5. The minimum Gasteiger partial charge on any atom is -1.00 e. The fourth-order valence-corrected chi connectivity index (χ4v) is 3.57. The maximum Gasteiger partial charge on any atom is 0.102 e. The van der Waals surface area contributed by atoms with Gasteiger partial charge in [-0.15, -0.1) is 0 Å². The van der Waals surface area contributed by atoms with Gasteiger partial charge in [0.1, 0.15) is 13.1 Å². The molecule has 0 fully saturated rings. The van der Waals surface area contributed by atoms with Crippen LogP contribution in [-0.2, 0) is 9.47 Å². The largest absolute Gasteiger partial charge is 1.00 e. The van der Waals surface area contributed by atoms with Crippen molar-refractivity contribution in [3.05, 3.63) is 0 Å². The van der Waals surface area contributed by atoms with Gasteiger partial charge in [-0.1, -0.05) is 71.1 Å². The highest BCUT2D eigenvalue weighted by Gasteiger charge is 2.20. The molecule has 0 aliphatic rings. The molecular weight excluding hydrogens is 390 g/mol. The highest BCUT2D eigenvalue weighted by Crippen LogP contribution is 2.13. The van der Waals surface area contributed by atoms with E-state index in [0.29, 0.717) is 26.4 Å². The van der Waals surface area contributed by atoms with Crippen molar-refractivity contribution in [2.75, 3.05) is 66.3 Å². The fraction of sp³-hybridized carbons (Fsp3) is 1.00. The smallest absolute Gasteiger partial charge is 0.102 e. The Morgan fingerprint density at radius 2 is 0.931 bits per heavy atom. The molecule has 0 radical (unpaired) electrons. The Morgan fingerprint density at radius 1 is 0.552 bits per heavy atom. The highest BCUT2D eigenvalue weighted by atomic mass is 35.5. The summed E-state index contributed by atoms with van der Waals surface area (Å²) in [4.78, 5) is 0. The van der Waals surface area contributed by atoms with Crippen molar-refractivity contribution in [2.24, 2.45) is 0 Å². The topological polar surface area (TPSA) is 58.9 Å². The first-order chi connectivity index (χ1) is 13.7. The van der Waals surface area contributed by atoms with E-state index in [-0.39, 0.29) is 25.6 Å². The van der Waals surface area contributed by atoms with E-state index in [1.54, 1.807) is 0 Å². The van der Waals surface area contributed by atoms with Gasteiger partial charge in [0.15, 0.2) is 0 Å². The van der Waals surface area contributed by atoms with Crippen LogP contribution in [0.1, 0.15) is 84.0 Å². The average molecular weight is 440 g/mol. The van der Waals surface area contributed by atoms with Crippen molar-refractivity contribution < 1.29 is 36.6 Å². The number of hydrogen-bond donors (Lipinski definition) is 2. The summed E-state index contributed by atoms with van der Waals surface area (Å²) < 4.78 is 11.9. The number of likely N-dealkylation sites (N-methyl/N-ethyl adjacent to an activating group) is 1. The normalized spacial score (nSPS) is 11.6. The lowest BCUT2D eigenvalue weighted by Crippen LogP contribution is -3.00. The van der Waals surface area contributed by atoms with Gasteiger partial charge >= 0.3 is 0 Å². The molecule has 0 rings (SSSR count). The molecule has 0 unspecified atom stereocenters. The SMILES string of the molecule is CCCCCCCCCCCCCC[N+](C)(CCOCCO)CCOCCO.[Cl-]. The van der Waals surface area contributed by atoms with Gasteiger partial charge < -0.3 is 36.6 Å². The Kier molecular flexibility index (Phi) is 26.3. The molecule has 0 aliphatic carbocycles. The number of nitrogens with zero attached hydrogens (tertiary/aromatic N) is 1. The minimum absolute atomic E-state index is 0. The summed E-state index contributed by atoms with van der Waals surface area (Å²) in [7, 11) is 2.27. The van der Waals surface area contributed by atoms with Crippen LogP contribution >= 0.6 is 0 Å². The highest BCUT2D eigenvalue weighted by molar-refractivity contribution is 4.50. The van der Waals surface area contributed by atoms with Crippen LogP contribution in [-0.4, -0.2) is 81.0 Å². The number of rotatable bonds is 23. The molecule has 6 heteroatoms. The lowest BCUT2D eigenvalue weighted by atomic mass is 10.1. The van der Waals surface area contributed by atoms with E-state index >= 15 is 0 Å². The van der Waals surface area contributed by atoms with Crippen molar-refractivity contribution in [1.29, 1.82) is 0 Å². The molecule has 178 valence electrons. The number of hydrogen-bond acceptors (Lipinski definition) is 4. The van der Waals surface area contributed by atoms with Crippen LogP contribution in [0.3, 0.4) is 0 Å². The maximum atomic E-state index is 8.85. The van der Waals surface area contributed by atoms with E-state index in [1.165, 1.54) is 77.0 Å². The summed E-state index contributed by atoms with van der Waals surface area (Å²) >= 11 is 0. The van der Waals surface area contributed by atoms with E-state index in [0.717, 1.165) is 24.1 Å². The van der Waals surface area contributed by atoms with Crippen molar-refractivity contribution >= 4 is 0 Å². The number of aliphatic hydroxyl groups is 2. The van der Waals surface area contributed by atoms with Crippen LogP contribution in [0, 0.1) is 0 Å². The third-order valence-corrected chi connectivity index (χ3v) is 5.57. The molecule has 0 heterocycles. The Bertz CT molecular complexity index is 297. The van der Waals surface area contributed by atoms with Crippen LogP contribution in [0.2, 0.25) is 0 Å². The molecule has 0 aromatic carbocycles. The van der Waals surface area contributed by atoms with Crippen LogP contribution in [0.25, 0.3) is 0 Å². The Labute approximate surface area is 187 Å². The standard InChI is InChI=1S/C23H50NO4.ClH/c1-3-4-5-6-7-8-9-10-11-12-13-14-15-24(2,16-20-27-22-18-25)17-21-28-23-19-26;/h25-26H,3-23H2,1-2H3;1H/q+1;/p-1. The maximum absolute atomic E-state index is 8.85. The molecule has 0 amide bonds. The lowest BCUT2D eigenvalue weighted by Gasteiger charge is -2.34. The van der Waals surface area contributed by atoms with Crippen LogP contribution in [0.4, 0.5) is 0 Å². The van der Waals surface area contributed by atoms with Gasteiger partial charge in [-0.05, 0) is 12.8 Å². The first kappa shape index (κ1) is 31.3. The molecule has 0 aliphatic heterocycles. The molecule has 0 spiro atoms. The lowest BCUT2D eigenvalue weighted by molar-refractivity contribution is -0.910. The van der Waals surface area contributed by atoms with Crippen molar-refractivity contribution in [1.82, 2.24) is 0 Å². The molecule has 0 bridgehead atoms. The summed E-state index contributed by atoms with van der Waals surface area (Å²) in [6.45, 7) is 7.66. The third kappa shape index (κ3) is 22.6. The second-order valence-electron chi connectivity index (χ2n) is 8.35. The van der Waals surface area contributed by atoms with E-state index in [2.05, 4.69) is 14.0 Å². The molecular formula is C23H50ClNO4. The summed E-state index contributed by atoms with van der Waals surface area (Å²) in [5, 5.41) is 17.7. The molecule has 2 N–H and O–H groups in total. The van der Waals surface area contributed by atoms with Crippen LogP contribution in [0.15, 0.2) is 0 Å². The second kappa shape index (κ2) is 24.4. The summed E-state index contributed by atoms with van der Waals surface area (Å²) in [6, 6.07) is 0. The Balaban J connectivity index is 0. The first-order valence-corrected chi connectivity index (χ1v) is 11.9. The van der Waals surface area contributed by atoms with Crippen LogP contribution in [0.5, 0.6) is 0 Å². The van der Waals surface area contributed by atoms with Crippen LogP contribution < -0.4 is 12.4 Å². The summed E-state index contributed by atoms with van der Waals surface area (Å²) in [5.41, 5.74) is 0. The van der Waals surface area contributed by atoms with Gasteiger partial charge in [-0.3, -0.25) is 0 Å². The third-order valence-electron chi connectivity index (χ3n) is 5.57. The van der Waals surface area contributed by atoms with E-state index in [9.17, 15) is 0 Å². The zero-order valence-corrected chi connectivity index (χ0v) is 20.1. The Morgan fingerprint density at radius 3 is 1.31 bits per heavy atom. The van der Waals surface area contributed by atoms with Gasteiger partial charge in [-0.2, -0.15) is 0 Å².